The number of nitrogens with one attached hydrogen (secondary N) is 1. The summed E-state index contributed by atoms with van der Waals surface area (Å²) < 4.78 is 13.2. The van der Waals surface area contributed by atoms with E-state index in [1.165, 1.54) is 6.07 Å². The topological polar surface area (TPSA) is 35.6 Å². The van der Waals surface area contributed by atoms with Crippen molar-refractivity contribution in [2.24, 2.45) is 0 Å². The lowest BCUT2D eigenvalue weighted by Crippen LogP contribution is -2.42. The quantitative estimate of drug-likeness (QED) is 0.894. The van der Waals surface area contributed by atoms with Gasteiger partial charge in [0.25, 0.3) is 5.91 Å². The van der Waals surface area contributed by atoms with Crippen LogP contribution in [0.2, 0.25) is 0 Å². The van der Waals surface area contributed by atoms with Crippen LogP contribution in [0.4, 0.5) is 10.1 Å². The molecule has 1 amide bonds. The van der Waals surface area contributed by atoms with Gasteiger partial charge in [0, 0.05) is 51.0 Å². The zero-order valence-electron chi connectivity index (χ0n) is 15.4. The molecule has 2 aromatic rings. The van der Waals surface area contributed by atoms with E-state index in [0.29, 0.717) is 18.2 Å². The van der Waals surface area contributed by atoms with Crippen molar-refractivity contribution in [1.29, 1.82) is 0 Å². The van der Waals surface area contributed by atoms with Crippen LogP contribution in [0.5, 0.6) is 0 Å². The fourth-order valence-electron chi connectivity index (χ4n) is 3.32. The van der Waals surface area contributed by atoms with Crippen LogP contribution in [0.25, 0.3) is 0 Å². The Morgan fingerprint density at radius 1 is 1.15 bits per heavy atom. The van der Waals surface area contributed by atoms with Crippen molar-refractivity contribution in [3.05, 3.63) is 65.5 Å². The van der Waals surface area contributed by atoms with Crippen LogP contribution in [-0.2, 0) is 6.54 Å². The summed E-state index contributed by atoms with van der Waals surface area (Å²) in [5.74, 6) is -0.160. The predicted octanol–water partition coefficient (Wildman–Crippen LogP) is 3.29. The number of anilines is 1. The molecule has 1 heterocycles. The van der Waals surface area contributed by atoms with Gasteiger partial charge < -0.3 is 15.1 Å². The Hall–Kier alpha value is -2.40. The van der Waals surface area contributed by atoms with E-state index >= 15 is 0 Å². The molecule has 0 saturated carbocycles. The van der Waals surface area contributed by atoms with E-state index in [1.807, 2.05) is 30.3 Å². The molecular weight excluding hydrogens is 329 g/mol. The van der Waals surface area contributed by atoms with Gasteiger partial charge in [-0.05, 0) is 54.8 Å². The fourth-order valence-corrected chi connectivity index (χ4v) is 3.32. The van der Waals surface area contributed by atoms with Crippen molar-refractivity contribution in [3.63, 3.8) is 0 Å². The van der Waals surface area contributed by atoms with E-state index in [0.717, 1.165) is 37.2 Å². The molecule has 5 heteroatoms. The van der Waals surface area contributed by atoms with Gasteiger partial charge in [-0.1, -0.05) is 12.1 Å². The Labute approximate surface area is 154 Å². The number of piperidine rings is 1. The molecular formula is C21H26FN3O. The third-order valence-electron chi connectivity index (χ3n) is 4.86. The summed E-state index contributed by atoms with van der Waals surface area (Å²) in [6, 6.07) is 15.0. The Kier molecular flexibility index (Phi) is 5.89. The minimum Gasteiger partial charge on any atom is -0.371 e. The standard InChI is InChI=1S/C21H26FN3O/c1-24(2)21(26)17-6-8-20(9-7-17)25-12-10-19(11-13-25)23-15-16-4-3-5-18(22)14-16/h3-9,14,19,23H,10-13,15H2,1-2H3. The number of amides is 1. The summed E-state index contributed by atoms with van der Waals surface area (Å²) in [4.78, 5) is 15.9. The van der Waals surface area contributed by atoms with Gasteiger partial charge in [0.1, 0.15) is 5.82 Å². The third kappa shape index (κ3) is 4.61. The molecule has 2 aromatic carbocycles. The largest absolute Gasteiger partial charge is 0.371 e. The summed E-state index contributed by atoms with van der Waals surface area (Å²) in [7, 11) is 3.52. The number of nitrogens with zero attached hydrogens (tertiary/aromatic N) is 2. The maximum absolute atomic E-state index is 13.2. The van der Waals surface area contributed by atoms with Crippen LogP contribution in [0.1, 0.15) is 28.8 Å². The minimum atomic E-state index is -0.185. The SMILES string of the molecule is CN(C)C(=O)c1ccc(N2CCC(NCc3cccc(F)c3)CC2)cc1. The second-order valence-electron chi connectivity index (χ2n) is 7.02. The van der Waals surface area contributed by atoms with Crippen LogP contribution < -0.4 is 10.2 Å². The Balaban J connectivity index is 1.49. The maximum atomic E-state index is 13.2. The number of carbonyl (C=O) groups excluding carboxylic acids is 1. The van der Waals surface area contributed by atoms with Gasteiger partial charge >= 0.3 is 0 Å². The fraction of sp³-hybridized carbons (Fsp3) is 0.381. The van der Waals surface area contributed by atoms with Gasteiger partial charge in [-0.3, -0.25) is 4.79 Å². The minimum absolute atomic E-state index is 0.0248. The molecule has 4 nitrogen and oxygen atoms in total. The average molecular weight is 355 g/mol. The molecule has 1 N–H and O–H groups in total. The first-order chi connectivity index (χ1) is 12.5. The monoisotopic (exact) mass is 355 g/mol. The van der Waals surface area contributed by atoms with Gasteiger partial charge in [-0.25, -0.2) is 4.39 Å². The van der Waals surface area contributed by atoms with E-state index in [2.05, 4.69) is 10.2 Å². The molecule has 3 rings (SSSR count). The molecule has 0 atom stereocenters. The Morgan fingerprint density at radius 2 is 1.85 bits per heavy atom. The molecule has 0 unspecified atom stereocenters. The van der Waals surface area contributed by atoms with Crippen LogP contribution in [-0.4, -0.2) is 44.0 Å². The molecule has 0 bridgehead atoms. The molecule has 1 fully saturated rings. The zero-order chi connectivity index (χ0) is 18.5. The highest BCUT2D eigenvalue weighted by atomic mass is 19.1. The van der Waals surface area contributed by atoms with Gasteiger partial charge in [0.05, 0.1) is 0 Å². The number of benzene rings is 2. The van der Waals surface area contributed by atoms with Crippen molar-refractivity contribution in [2.75, 3.05) is 32.1 Å². The molecule has 138 valence electrons. The first-order valence-corrected chi connectivity index (χ1v) is 9.07. The summed E-state index contributed by atoms with van der Waals surface area (Å²) in [5, 5.41) is 3.53. The van der Waals surface area contributed by atoms with Crippen molar-refractivity contribution in [2.45, 2.75) is 25.4 Å². The van der Waals surface area contributed by atoms with Crippen LogP contribution >= 0.6 is 0 Å². The second kappa shape index (κ2) is 8.32. The number of rotatable bonds is 5. The summed E-state index contributed by atoms with van der Waals surface area (Å²) in [6.07, 6.45) is 2.10. The lowest BCUT2D eigenvalue weighted by Gasteiger charge is -2.34. The number of hydrogen-bond donors (Lipinski definition) is 1. The molecule has 0 aromatic heterocycles. The predicted molar refractivity (Wildman–Crippen MR) is 103 cm³/mol. The zero-order valence-corrected chi connectivity index (χ0v) is 15.4. The Morgan fingerprint density at radius 3 is 2.46 bits per heavy atom. The highest BCUT2D eigenvalue weighted by molar-refractivity contribution is 5.94. The highest BCUT2D eigenvalue weighted by Crippen LogP contribution is 2.21. The van der Waals surface area contributed by atoms with E-state index in [1.54, 1.807) is 31.1 Å². The second-order valence-corrected chi connectivity index (χ2v) is 7.02. The lowest BCUT2D eigenvalue weighted by molar-refractivity contribution is 0.0827. The molecule has 1 aliphatic heterocycles. The van der Waals surface area contributed by atoms with Gasteiger partial charge in [0.15, 0.2) is 0 Å². The summed E-state index contributed by atoms with van der Waals surface area (Å²) >= 11 is 0. The number of halogens is 1. The molecule has 0 radical (unpaired) electrons. The number of hydrogen-bond acceptors (Lipinski definition) is 3. The van der Waals surface area contributed by atoms with E-state index < -0.39 is 0 Å². The van der Waals surface area contributed by atoms with Crippen LogP contribution in [0.3, 0.4) is 0 Å². The smallest absolute Gasteiger partial charge is 0.253 e. The van der Waals surface area contributed by atoms with Crippen LogP contribution in [0.15, 0.2) is 48.5 Å². The first kappa shape index (κ1) is 18.4. The molecule has 1 saturated heterocycles. The van der Waals surface area contributed by atoms with Gasteiger partial charge in [0.2, 0.25) is 0 Å². The van der Waals surface area contributed by atoms with Gasteiger partial charge in [-0.2, -0.15) is 0 Å². The molecule has 26 heavy (non-hydrogen) atoms. The van der Waals surface area contributed by atoms with E-state index in [4.69, 9.17) is 0 Å². The number of carbonyl (C=O) groups is 1. The molecule has 1 aliphatic rings. The van der Waals surface area contributed by atoms with Crippen molar-refractivity contribution < 1.29 is 9.18 Å². The van der Waals surface area contributed by atoms with Crippen molar-refractivity contribution in [3.8, 4) is 0 Å². The summed E-state index contributed by atoms with van der Waals surface area (Å²) in [5.41, 5.74) is 2.85. The maximum Gasteiger partial charge on any atom is 0.253 e. The first-order valence-electron chi connectivity index (χ1n) is 9.07. The molecule has 0 spiro atoms. The van der Waals surface area contributed by atoms with Crippen molar-refractivity contribution >= 4 is 11.6 Å². The van der Waals surface area contributed by atoms with E-state index in [9.17, 15) is 9.18 Å². The van der Waals surface area contributed by atoms with Crippen LogP contribution in [0, 0.1) is 5.82 Å². The van der Waals surface area contributed by atoms with E-state index in [-0.39, 0.29) is 11.7 Å². The Bertz CT molecular complexity index is 737. The normalized spacial score (nSPS) is 15.1. The van der Waals surface area contributed by atoms with Gasteiger partial charge in [-0.15, -0.1) is 0 Å². The lowest BCUT2D eigenvalue weighted by atomic mass is 10.0. The average Bonchev–Trinajstić information content (AvgIpc) is 2.66. The van der Waals surface area contributed by atoms with Crippen molar-refractivity contribution in [1.82, 2.24) is 10.2 Å². The highest BCUT2D eigenvalue weighted by Gasteiger charge is 2.19. The third-order valence-corrected chi connectivity index (χ3v) is 4.86. The molecule has 0 aliphatic carbocycles. The summed E-state index contributed by atoms with van der Waals surface area (Å²) in [6.45, 7) is 2.65.